The van der Waals surface area contributed by atoms with Gasteiger partial charge >= 0.3 is 0 Å². The first kappa shape index (κ1) is 13.8. The van der Waals surface area contributed by atoms with E-state index in [9.17, 15) is 4.39 Å². The highest BCUT2D eigenvalue weighted by molar-refractivity contribution is 5.83. The van der Waals surface area contributed by atoms with Gasteiger partial charge in [-0.3, -0.25) is 0 Å². The molecule has 0 aliphatic carbocycles. The Hall–Kier alpha value is -2.19. The Bertz CT molecular complexity index is 779. The fourth-order valence-electron chi connectivity index (χ4n) is 2.85. The number of hydrogen-bond donors (Lipinski definition) is 1. The minimum absolute atomic E-state index is 0.0650. The van der Waals surface area contributed by atoms with E-state index < -0.39 is 0 Å². The van der Waals surface area contributed by atoms with Crippen molar-refractivity contribution >= 4 is 10.8 Å². The molecular weight excluding hydrogens is 261 g/mol. The number of nitrogens with one attached hydrogen (secondary N) is 1. The quantitative estimate of drug-likeness (QED) is 0.739. The van der Waals surface area contributed by atoms with Gasteiger partial charge in [0, 0.05) is 0 Å². The summed E-state index contributed by atoms with van der Waals surface area (Å²) in [5.41, 5.74) is 3.25. The SMILES string of the molecule is CNC(c1ccc2ccccc2c1)c1ccc(F)cc1C. The van der Waals surface area contributed by atoms with Crippen molar-refractivity contribution in [2.75, 3.05) is 7.05 Å². The molecule has 2 heteroatoms. The Morgan fingerprint density at radius 2 is 1.67 bits per heavy atom. The van der Waals surface area contributed by atoms with Crippen LogP contribution in [-0.4, -0.2) is 7.05 Å². The molecule has 3 rings (SSSR count). The summed E-state index contributed by atoms with van der Waals surface area (Å²) in [5.74, 6) is -0.190. The summed E-state index contributed by atoms with van der Waals surface area (Å²) in [4.78, 5) is 0. The maximum atomic E-state index is 13.3. The highest BCUT2D eigenvalue weighted by atomic mass is 19.1. The third kappa shape index (κ3) is 2.67. The second-order valence-electron chi connectivity index (χ2n) is 5.33. The average Bonchev–Trinajstić information content (AvgIpc) is 2.50. The number of hydrogen-bond acceptors (Lipinski definition) is 1. The Balaban J connectivity index is 2.09. The van der Waals surface area contributed by atoms with Gasteiger partial charge in [-0.15, -0.1) is 0 Å². The molecule has 0 spiro atoms. The summed E-state index contributed by atoms with van der Waals surface area (Å²) in [6.45, 7) is 1.95. The zero-order valence-corrected chi connectivity index (χ0v) is 12.2. The van der Waals surface area contributed by atoms with Crippen LogP contribution in [0.2, 0.25) is 0 Å². The van der Waals surface area contributed by atoms with Gasteiger partial charge in [0.2, 0.25) is 0 Å². The molecule has 0 heterocycles. The van der Waals surface area contributed by atoms with Crippen molar-refractivity contribution in [3.8, 4) is 0 Å². The van der Waals surface area contributed by atoms with Crippen molar-refractivity contribution in [2.24, 2.45) is 0 Å². The molecule has 3 aromatic carbocycles. The standard InChI is InChI=1S/C19H18FN/c1-13-11-17(20)9-10-18(13)19(21-2)16-8-7-14-5-3-4-6-15(14)12-16/h3-12,19,21H,1-2H3. The van der Waals surface area contributed by atoms with Gasteiger partial charge in [0.25, 0.3) is 0 Å². The van der Waals surface area contributed by atoms with Crippen LogP contribution < -0.4 is 5.32 Å². The first-order chi connectivity index (χ1) is 10.2. The largest absolute Gasteiger partial charge is 0.309 e. The van der Waals surface area contributed by atoms with E-state index in [1.165, 1.54) is 22.4 Å². The van der Waals surface area contributed by atoms with Crippen molar-refractivity contribution < 1.29 is 4.39 Å². The van der Waals surface area contributed by atoms with E-state index >= 15 is 0 Å². The number of rotatable bonds is 3. The molecule has 0 amide bonds. The van der Waals surface area contributed by atoms with E-state index in [1.54, 1.807) is 6.07 Å². The Morgan fingerprint density at radius 1 is 0.905 bits per heavy atom. The van der Waals surface area contributed by atoms with Crippen molar-refractivity contribution in [2.45, 2.75) is 13.0 Å². The molecule has 21 heavy (non-hydrogen) atoms. The van der Waals surface area contributed by atoms with Crippen LogP contribution in [0.15, 0.2) is 60.7 Å². The minimum atomic E-state index is -0.190. The van der Waals surface area contributed by atoms with E-state index in [0.717, 1.165) is 11.1 Å². The van der Waals surface area contributed by atoms with Gasteiger partial charge in [-0.05, 0) is 59.6 Å². The van der Waals surface area contributed by atoms with Gasteiger partial charge in [-0.2, -0.15) is 0 Å². The molecule has 0 bridgehead atoms. The monoisotopic (exact) mass is 279 g/mol. The summed E-state index contributed by atoms with van der Waals surface area (Å²) < 4.78 is 13.3. The van der Waals surface area contributed by atoms with E-state index in [2.05, 4.69) is 35.6 Å². The number of aryl methyl sites for hydroxylation is 1. The molecule has 1 atom stereocenters. The van der Waals surface area contributed by atoms with Crippen LogP contribution in [0.1, 0.15) is 22.7 Å². The molecule has 106 valence electrons. The number of benzene rings is 3. The molecular formula is C19H18FN. The third-order valence-corrected chi connectivity index (χ3v) is 3.94. The van der Waals surface area contributed by atoms with Crippen LogP contribution in [0.3, 0.4) is 0 Å². The fourth-order valence-corrected chi connectivity index (χ4v) is 2.85. The van der Waals surface area contributed by atoms with Gasteiger partial charge in [0.1, 0.15) is 5.82 Å². The van der Waals surface area contributed by atoms with E-state index in [0.29, 0.717) is 0 Å². The molecule has 0 saturated heterocycles. The summed E-state index contributed by atoms with van der Waals surface area (Å²) >= 11 is 0. The average molecular weight is 279 g/mol. The summed E-state index contributed by atoms with van der Waals surface area (Å²) in [7, 11) is 1.93. The summed E-state index contributed by atoms with van der Waals surface area (Å²) in [6, 6.07) is 19.8. The highest BCUT2D eigenvalue weighted by Crippen LogP contribution is 2.27. The Morgan fingerprint density at radius 3 is 2.38 bits per heavy atom. The molecule has 0 aromatic heterocycles. The highest BCUT2D eigenvalue weighted by Gasteiger charge is 2.14. The topological polar surface area (TPSA) is 12.0 Å². The predicted octanol–water partition coefficient (Wildman–Crippen LogP) is 4.60. The molecule has 0 saturated carbocycles. The summed E-state index contributed by atoms with van der Waals surface area (Å²) in [5, 5.41) is 5.78. The van der Waals surface area contributed by atoms with Crippen LogP contribution in [0.25, 0.3) is 10.8 Å². The summed E-state index contributed by atoms with van der Waals surface area (Å²) in [6.07, 6.45) is 0. The van der Waals surface area contributed by atoms with Gasteiger partial charge in [0.15, 0.2) is 0 Å². The van der Waals surface area contributed by atoms with Crippen LogP contribution in [-0.2, 0) is 0 Å². The fraction of sp³-hybridized carbons (Fsp3) is 0.158. The van der Waals surface area contributed by atoms with Gasteiger partial charge in [0.05, 0.1) is 6.04 Å². The zero-order chi connectivity index (χ0) is 14.8. The lowest BCUT2D eigenvalue weighted by atomic mass is 9.93. The molecule has 0 aliphatic heterocycles. The maximum absolute atomic E-state index is 13.3. The Labute approximate surface area is 124 Å². The van der Waals surface area contributed by atoms with Crippen molar-refractivity contribution in [3.63, 3.8) is 0 Å². The second-order valence-corrected chi connectivity index (χ2v) is 5.33. The van der Waals surface area contributed by atoms with Crippen molar-refractivity contribution in [1.82, 2.24) is 5.32 Å². The second kappa shape index (κ2) is 5.66. The van der Waals surface area contributed by atoms with Crippen molar-refractivity contribution in [1.29, 1.82) is 0 Å². The molecule has 3 aromatic rings. The smallest absolute Gasteiger partial charge is 0.123 e. The number of fused-ring (bicyclic) bond motifs is 1. The predicted molar refractivity (Wildman–Crippen MR) is 86.0 cm³/mol. The lowest BCUT2D eigenvalue weighted by molar-refractivity contribution is 0.621. The molecule has 1 unspecified atom stereocenters. The lowest BCUT2D eigenvalue weighted by Gasteiger charge is -2.20. The zero-order valence-electron chi connectivity index (χ0n) is 12.2. The molecule has 1 N–H and O–H groups in total. The number of halogens is 1. The van der Waals surface area contributed by atoms with Crippen LogP contribution in [0, 0.1) is 12.7 Å². The first-order valence-corrected chi connectivity index (χ1v) is 7.11. The van der Waals surface area contributed by atoms with Crippen LogP contribution in [0.4, 0.5) is 4.39 Å². The van der Waals surface area contributed by atoms with Crippen LogP contribution >= 0.6 is 0 Å². The molecule has 0 aliphatic rings. The minimum Gasteiger partial charge on any atom is -0.309 e. The van der Waals surface area contributed by atoms with E-state index in [-0.39, 0.29) is 11.9 Å². The normalized spacial score (nSPS) is 12.5. The van der Waals surface area contributed by atoms with E-state index in [1.807, 2.05) is 32.2 Å². The molecule has 0 radical (unpaired) electrons. The van der Waals surface area contributed by atoms with Gasteiger partial charge in [-0.25, -0.2) is 4.39 Å². The lowest BCUT2D eigenvalue weighted by Crippen LogP contribution is -2.18. The van der Waals surface area contributed by atoms with Gasteiger partial charge < -0.3 is 5.32 Å². The first-order valence-electron chi connectivity index (χ1n) is 7.11. The van der Waals surface area contributed by atoms with E-state index in [4.69, 9.17) is 0 Å². The van der Waals surface area contributed by atoms with Gasteiger partial charge in [-0.1, -0.05) is 42.5 Å². The van der Waals surface area contributed by atoms with Crippen molar-refractivity contribution in [3.05, 3.63) is 83.2 Å². The maximum Gasteiger partial charge on any atom is 0.123 e. The van der Waals surface area contributed by atoms with Crippen LogP contribution in [0.5, 0.6) is 0 Å². The third-order valence-electron chi connectivity index (χ3n) is 3.94. The molecule has 0 fully saturated rings. The Kier molecular flexibility index (Phi) is 3.72. The molecule has 1 nitrogen and oxygen atoms in total.